The summed E-state index contributed by atoms with van der Waals surface area (Å²) >= 11 is 0. The molecule has 100 valence electrons. The molecule has 0 saturated carbocycles. The fraction of sp³-hybridized carbons (Fsp3) is 0.231. The summed E-state index contributed by atoms with van der Waals surface area (Å²) in [5.74, 6) is -1.08. The molecule has 2 aromatic rings. The number of ether oxygens (including phenoxy) is 1. The summed E-state index contributed by atoms with van der Waals surface area (Å²) in [4.78, 5) is 23.2. The van der Waals surface area contributed by atoms with Crippen LogP contribution < -0.4 is 11.1 Å². The lowest BCUT2D eigenvalue weighted by Crippen LogP contribution is -2.47. The molecule has 19 heavy (non-hydrogen) atoms. The summed E-state index contributed by atoms with van der Waals surface area (Å²) in [5, 5.41) is 3.19. The molecule has 0 radical (unpaired) electrons. The van der Waals surface area contributed by atoms with Crippen molar-refractivity contribution < 1.29 is 18.7 Å². The fourth-order valence-electron chi connectivity index (χ4n) is 1.75. The highest BCUT2D eigenvalue weighted by Crippen LogP contribution is 2.20. The number of nitrogens with one attached hydrogen (secondary N) is 1. The van der Waals surface area contributed by atoms with E-state index in [1.165, 1.54) is 13.4 Å². The molecule has 0 aliphatic rings. The van der Waals surface area contributed by atoms with E-state index < -0.39 is 17.9 Å². The Balaban J connectivity index is 2.22. The van der Waals surface area contributed by atoms with Gasteiger partial charge in [0.1, 0.15) is 17.9 Å². The molecule has 1 aromatic carbocycles. The van der Waals surface area contributed by atoms with Crippen LogP contribution in [-0.4, -0.2) is 31.6 Å². The number of furan rings is 1. The Morgan fingerprint density at radius 1 is 1.42 bits per heavy atom. The number of primary amides is 1. The SMILES string of the molecule is COC[C@H](NC(=O)c1coc2ccccc12)C(N)=O. The molecule has 0 aliphatic carbocycles. The minimum atomic E-state index is -0.869. The van der Waals surface area contributed by atoms with E-state index >= 15 is 0 Å². The van der Waals surface area contributed by atoms with Gasteiger partial charge in [-0.25, -0.2) is 0 Å². The maximum Gasteiger partial charge on any atom is 0.255 e. The summed E-state index contributed by atoms with van der Waals surface area (Å²) in [6.45, 7) is 0.0247. The van der Waals surface area contributed by atoms with Gasteiger partial charge in [0.05, 0.1) is 12.2 Å². The first-order chi connectivity index (χ1) is 9.13. The number of fused-ring (bicyclic) bond motifs is 1. The maximum absolute atomic E-state index is 12.1. The van der Waals surface area contributed by atoms with Gasteiger partial charge >= 0.3 is 0 Å². The van der Waals surface area contributed by atoms with Crippen LogP contribution in [-0.2, 0) is 9.53 Å². The standard InChI is InChI=1S/C13H14N2O4/c1-18-7-10(12(14)16)15-13(17)9-6-19-11-5-3-2-4-8(9)11/h2-6,10H,7H2,1H3,(H2,14,16)(H,15,17)/t10-/m0/s1. The van der Waals surface area contributed by atoms with Crippen molar-refractivity contribution in [2.75, 3.05) is 13.7 Å². The third-order valence-corrected chi connectivity index (χ3v) is 2.71. The summed E-state index contributed by atoms with van der Waals surface area (Å²) in [7, 11) is 1.43. The van der Waals surface area contributed by atoms with Gasteiger partial charge in [-0.2, -0.15) is 0 Å². The van der Waals surface area contributed by atoms with Crippen molar-refractivity contribution in [3.05, 3.63) is 36.1 Å². The van der Waals surface area contributed by atoms with Crippen LogP contribution in [0.15, 0.2) is 34.9 Å². The Kier molecular flexibility index (Phi) is 3.82. The number of nitrogens with two attached hydrogens (primary N) is 1. The summed E-state index contributed by atoms with van der Waals surface area (Å²) < 4.78 is 10.1. The van der Waals surface area contributed by atoms with Crippen LogP contribution in [0, 0.1) is 0 Å². The van der Waals surface area contributed by atoms with Crippen molar-refractivity contribution in [2.24, 2.45) is 5.73 Å². The molecule has 0 aliphatic heterocycles. The number of amides is 2. The molecular weight excluding hydrogens is 248 g/mol. The van der Waals surface area contributed by atoms with E-state index in [1.54, 1.807) is 18.2 Å². The molecule has 1 atom stereocenters. The molecular formula is C13H14N2O4. The number of benzene rings is 1. The molecule has 0 spiro atoms. The zero-order valence-electron chi connectivity index (χ0n) is 10.4. The van der Waals surface area contributed by atoms with E-state index in [1.807, 2.05) is 6.07 Å². The number of carbonyl (C=O) groups is 2. The second-order valence-electron chi connectivity index (χ2n) is 4.03. The summed E-state index contributed by atoms with van der Waals surface area (Å²) in [5.41, 5.74) is 6.15. The lowest BCUT2D eigenvalue weighted by Gasteiger charge is -2.13. The van der Waals surface area contributed by atoms with Gasteiger partial charge in [0, 0.05) is 12.5 Å². The molecule has 6 heteroatoms. The first-order valence-corrected chi connectivity index (χ1v) is 5.69. The van der Waals surface area contributed by atoms with Crippen molar-refractivity contribution in [3.63, 3.8) is 0 Å². The van der Waals surface area contributed by atoms with Crippen molar-refractivity contribution in [1.29, 1.82) is 0 Å². The van der Waals surface area contributed by atoms with Crippen LogP contribution in [0.2, 0.25) is 0 Å². The van der Waals surface area contributed by atoms with Crippen LogP contribution in [0.3, 0.4) is 0 Å². The molecule has 3 N–H and O–H groups in total. The first-order valence-electron chi connectivity index (χ1n) is 5.69. The minimum Gasteiger partial charge on any atom is -0.463 e. The second-order valence-corrected chi connectivity index (χ2v) is 4.03. The van der Waals surface area contributed by atoms with Gasteiger partial charge in [0.25, 0.3) is 5.91 Å². The van der Waals surface area contributed by atoms with Gasteiger partial charge in [-0.3, -0.25) is 9.59 Å². The molecule has 0 bridgehead atoms. The summed E-state index contributed by atoms with van der Waals surface area (Å²) in [6.07, 6.45) is 1.35. The van der Waals surface area contributed by atoms with Crippen LogP contribution in [0.1, 0.15) is 10.4 Å². The Labute approximate surface area is 109 Å². The number of hydrogen-bond acceptors (Lipinski definition) is 4. The van der Waals surface area contributed by atoms with Gasteiger partial charge < -0.3 is 20.2 Å². The molecule has 0 saturated heterocycles. The zero-order chi connectivity index (χ0) is 13.8. The average molecular weight is 262 g/mol. The number of carbonyl (C=O) groups excluding carboxylic acids is 2. The number of methoxy groups -OCH3 is 1. The van der Waals surface area contributed by atoms with Gasteiger partial charge in [0.2, 0.25) is 5.91 Å². The number of hydrogen-bond donors (Lipinski definition) is 2. The van der Waals surface area contributed by atoms with Crippen molar-refractivity contribution in [3.8, 4) is 0 Å². The molecule has 2 amide bonds. The minimum absolute atomic E-state index is 0.0247. The topological polar surface area (TPSA) is 94.6 Å². The third-order valence-electron chi connectivity index (χ3n) is 2.71. The van der Waals surface area contributed by atoms with Crippen molar-refractivity contribution in [2.45, 2.75) is 6.04 Å². The molecule has 0 unspecified atom stereocenters. The van der Waals surface area contributed by atoms with Gasteiger partial charge in [0.15, 0.2) is 0 Å². The summed E-state index contributed by atoms with van der Waals surface area (Å²) in [6, 6.07) is 6.27. The average Bonchev–Trinajstić information content (AvgIpc) is 2.81. The Bertz CT molecular complexity index is 605. The zero-order valence-corrected chi connectivity index (χ0v) is 10.4. The van der Waals surface area contributed by atoms with E-state index in [4.69, 9.17) is 14.9 Å². The molecule has 2 rings (SSSR count). The molecule has 1 heterocycles. The number of para-hydroxylation sites is 1. The largest absolute Gasteiger partial charge is 0.463 e. The smallest absolute Gasteiger partial charge is 0.255 e. The third kappa shape index (κ3) is 2.74. The Hall–Kier alpha value is -2.34. The monoisotopic (exact) mass is 262 g/mol. The highest BCUT2D eigenvalue weighted by Gasteiger charge is 2.21. The van der Waals surface area contributed by atoms with E-state index in [2.05, 4.69) is 5.32 Å². The highest BCUT2D eigenvalue weighted by molar-refractivity contribution is 6.07. The first kappa shape index (κ1) is 13.1. The highest BCUT2D eigenvalue weighted by atomic mass is 16.5. The van der Waals surface area contributed by atoms with Crippen LogP contribution in [0.5, 0.6) is 0 Å². The Morgan fingerprint density at radius 2 is 2.16 bits per heavy atom. The predicted octanol–water partition coefficient (Wildman–Crippen LogP) is 0.663. The maximum atomic E-state index is 12.1. The predicted molar refractivity (Wildman–Crippen MR) is 68.5 cm³/mol. The molecule has 1 aromatic heterocycles. The second kappa shape index (κ2) is 5.53. The molecule has 6 nitrogen and oxygen atoms in total. The Morgan fingerprint density at radius 3 is 2.84 bits per heavy atom. The quantitative estimate of drug-likeness (QED) is 0.827. The van der Waals surface area contributed by atoms with Gasteiger partial charge in [-0.1, -0.05) is 18.2 Å². The normalized spacial score (nSPS) is 12.3. The lowest BCUT2D eigenvalue weighted by molar-refractivity contribution is -0.121. The van der Waals surface area contributed by atoms with Crippen molar-refractivity contribution in [1.82, 2.24) is 5.32 Å². The van der Waals surface area contributed by atoms with E-state index in [0.29, 0.717) is 16.5 Å². The van der Waals surface area contributed by atoms with Crippen LogP contribution in [0.25, 0.3) is 11.0 Å². The number of rotatable bonds is 5. The van der Waals surface area contributed by atoms with E-state index in [9.17, 15) is 9.59 Å². The van der Waals surface area contributed by atoms with E-state index in [-0.39, 0.29) is 6.61 Å². The van der Waals surface area contributed by atoms with Gasteiger partial charge in [-0.05, 0) is 6.07 Å². The van der Waals surface area contributed by atoms with Crippen LogP contribution in [0.4, 0.5) is 0 Å². The van der Waals surface area contributed by atoms with Gasteiger partial charge in [-0.15, -0.1) is 0 Å². The van der Waals surface area contributed by atoms with E-state index in [0.717, 1.165) is 0 Å². The van der Waals surface area contributed by atoms with Crippen LogP contribution >= 0.6 is 0 Å². The fourth-order valence-corrected chi connectivity index (χ4v) is 1.75. The lowest BCUT2D eigenvalue weighted by atomic mass is 10.1. The molecule has 0 fully saturated rings. The van der Waals surface area contributed by atoms with Crippen molar-refractivity contribution >= 4 is 22.8 Å².